The summed E-state index contributed by atoms with van der Waals surface area (Å²) in [6.45, 7) is 2.57. The number of nitrogens with zero attached hydrogens (tertiary/aromatic N) is 4. The number of fused-ring (bicyclic) bond motifs is 1. The van der Waals surface area contributed by atoms with Crippen molar-refractivity contribution in [3.63, 3.8) is 0 Å². The van der Waals surface area contributed by atoms with Crippen molar-refractivity contribution in [3.05, 3.63) is 75.0 Å². The summed E-state index contributed by atoms with van der Waals surface area (Å²) < 4.78 is 13.2. The van der Waals surface area contributed by atoms with E-state index >= 15 is 0 Å². The SMILES string of the molecule is CCCN(Cc1nc2cc(Cl)ccc2c(=O)[nH]1)C(=O)C1=NN(Cc2ccc(F)cc2)C(=O)CC1. The summed E-state index contributed by atoms with van der Waals surface area (Å²) in [5.74, 6) is -0.573. The topological polar surface area (TPSA) is 98.7 Å². The van der Waals surface area contributed by atoms with Gasteiger partial charge in [-0.25, -0.2) is 14.4 Å². The summed E-state index contributed by atoms with van der Waals surface area (Å²) in [5.41, 5.74) is 1.09. The Labute approximate surface area is 200 Å². The van der Waals surface area contributed by atoms with E-state index in [1.165, 1.54) is 17.1 Å². The number of amides is 2. The van der Waals surface area contributed by atoms with E-state index < -0.39 is 0 Å². The highest BCUT2D eigenvalue weighted by atomic mass is 35.5. The molecule has 0 atom stereocenters. The second-order valence-electron chi connectivity index (χ2n) is 8.03. The number of aromatic nitrogens is 2. The van der Waals surface area contributed by atoms with Crippen molar-refractivity contribution in [2.24, 2.45) is 5.10 Å². The molecule has 0 spiro atoms. The van der Waals surface area contributed by atoms with Gasteiger partial charge in [0, 0.05) is 24.4 Å². The van der Waals surface area contributed by atoms with Crippen molar-refractivity contribution >= 4 is 40.0 Å². The zero-order valence-electron chi connectivity index (χ0n) is 18.6. The summed E-state index contributed by atoms with van der Waals surface area (Å²) in [4.78, 5) is 46.9. The van der Waals surface area contributed by atoms with E-state index in [4.69, 9.17) is 11.6 Å². The molecule has 0 saturated heterocycles. The van der Waals surface area contributed by atoms with Crippen molar-refractivity contribution in [2.45, 2.75) is 39.3 Å². The Morgan fingerprint density at radius 3 is 2.68 bits per heavy atom. The van der Waals surface area contributed by atoms with Crippen LogP contribution in [0, 0.1) is 5.82 Å². The number of nitrogens with one attached hydrogen (secondary N) is 1. The molecule has 0 radical (unpaired) electrons. The molecule has 34 heavy (non-hydrogen) atoms. The van der Waals surface area contributed by atoms with Gasteiger partial charge in [0.25, 0.3) is 11.5 Å². The van der Waals surface area contributed by atoms with Gasteiger partial charge in [0.1, 0.15) is 17.4 Å². The molecule has 1 aliphatic rings. The highest BCUT2D eigenvalue weighted by Crippen LogP contribution is 2.18. The quantitative estimate of drug-likeness (QED) is 0.554. The van der Waals surface area contributed by atoms with Crippen molar-refractivity contribution in [3.8, 4) is 0 Å². The predicted molar refractivity (Wildman–Crippen MR) is 127 cm³/mol. The molecule has 1 aliphatic heterocycles. The molecular formula is C24H23ClFN5O3. The zero-order chi connectivity index (χ0) is 24.2. The maximum atomic E-state index is 13.3. The van der Waals surface area contributed by atoms with Gasteiger partial charge in [0.2, 0.25) is 5.91 Å². The molecule has 0 unspecified atom stereocenters. The molecule has 4 rings (SSSR count). The summed E-state index contributed by atoms with van der Waals surface area (Å²) in [6.07, 6.45) is 1.05. The van der Waals surface area contributed by atoms with Gasteiger partial charge < -0.3 is 9.88 Å². The molecule has 1 aromatic heterocycles. The molecular weight excluding hydrogens is 461 g/mol. The Morgan fingerprint density at radius 2 is 1.94 bits per heavy atom. The lowest BCUT2D eigenvalue weighted by molar-refractivity contribution is -0.132. The third-order valence-electron chi connectivity index (χ3n) is 5.44. The maximum absolute atomic E-state index is 13.3. The molecule has 0 fully saturated rings. The Balaban J connectivity index is 1.57. The van der Waals surface area contributed by atoms with Gasteiger partial charge in [-0.05, 0) is 42.3 Å². The van der Waals surface area contributed by atoms with Crippen molar-refractivity contribution in [1.29, 1.82) is 0 Å². The Hall–Kier alpha value is -3.59. The number of aromatic amines is 1. The van der Waals surface area contributed by atoms with E-state index in [9.17, 15) is 18.8 Å². The first-order valence-corrected chi connectivity index (χ1v) is 11.3. The first kappa shape index (κ1) is 23.6. The Kier molecular flexibility index (Phi) is 7.02. The molecule has 2 amide bonds. The van der Waals surface area contributed by atoms with Crippen LogP contribution in [0.25, 0.3) is 10.9 Å². The largest absolute Gasteiger partial charge is 0.330 e. The van der Waals surface area contributed by atoms with E-state index in [1.54, 1.807) is 35.2 Å². The minimum Gasteiger partial charge on any atom is -0.330 e. The van der Waals surface area contributed by atoms with E-state index in [0.29, 0.717) is 40.3 Å². The number of hydrogen-bond acceptors (Lipinski definition) is 5. The summed E-state index contributed by atoms with van der Waals surface area (Å²) in [7, 11) is 0. The standard InChI is InChI=1S/C24H23ClFN5O3/c1-2-11-30(14-21-27-20-12-16(25)5-8-18(20)23(33)28-21)24(34)19-9-10-22(32)31(29-19)13-15-3-6-17(26)7-4-15/h3-8,12H,2,9-11,13-14H2,1H3,(H,27,28,33). The van der Waals surface area contributed by atoms with Gasteiger partial charge in [-0.3, -0.25) is 14.4 Å². The number of hydrogen-bond donors (Lipinski definition) is 1. The average Bonchev–Trinajstić information content (AvgIpc) is 2.81. The normalized spacial score (nSPS) is 13.8. The van der Waals surface area contributed by atoms with E-state index in [0.717, 1.165) is 0 Å². The van der Waals surface area contributed by atoms with Crippen LogP contribution in [0.1, 0.15) is 37.6 Å². The number of carbonyl (C=O) groups is 2. The fourth-order valence-electron chi connectivity index (χ4n) is 3.76. The minimum absolute atomic E-state index is 0.0787. The van der Waals surface area contributed by atoms with Crippen LogP contribution in [-0.2, 0) is 22.7 Å². The molecule has 3 aromatic rings. The summed E-state index contributed by atoms with van der Waals surface area (Å²) in [5, 5.41) is 6.42. The van der Waals surface area contributed by atoms with Gasteiger partial charge in [-0.15, -0.1) is 0 Å². The lowest BCUT2D eigenvalue weighted by atomic mass is 10.1. The first-order chi connectivity index (χ1) is 16.3. The second-order valence-corrected chi connectivity index (χ2v) is 8.46. The van der Waals surface area contributed by atoms with Crippen LogP contribution in [-0.4, -0.2) is 43.9 Å². The van der Waals surface area contributed by atoms with Crippen LogP contribution in [0.15, 0.2) is 52.4 Å². The molecule has 0 aliphatic carbocycles. The molecule has 10 heteroatoms. The molecule has 0 saturated carbocycles. The van der Waals surface area contributed by atoms with Crippen LogP contribution in [0.4, 0.5) is 4.39 Å². The summed E-state index contributed by atoms with van der Waals surface area (Å²) in [6, 6.07) is 10.6. The lowest BCUT2D eigenvalue weighted by Gasteiger charge is -2.27. The monoisotopic (exact) mass is 483 g/mol. The van der Waals surface area contributed by atoms with Crippen molar-refractivity contribution in [1.82, 2.24) is 19.9 Å². The van der Waals surface area contributed by atoms with Crippen LogP contribution in [0.2, 0.25) is 5.02 Å². The minimum atomic E-state index is -0.370. The van der Waals surface area contributed by atoms with E-state index in [1.807, 2.05) is 6.92 Å². The number of benzene rings is 2. The number of H-pyrrole nitrogens is 1. The molecule has 0 bridgehead atoms. The molecule has 2 heterocycles. The van der Waals surface area contributed by atoms with E-state index in [-0.39, 0.29) is 54.8 Å². The lowest BCUT2D eigenvalue weighted by Crippen LogP contribution is -2.41. The van der Waals surface area contributed by atoms with Gasteiger partial charge in [0.15, 0.2) is 0 Å². The average molecular weight is 484 g/mol. The number of hydrazone groups is 1. The van der Waals surface area contributed by atoms with Gasteiger partial charge in [-0.1, -0.05) is 30.7 Å². The number of carbonyl (C=O) groups excluding carboxylic acids is 2. The van der Waals surface area contributed by atoms with Crippen LogP contribution >= 0.6 is 11.6 Å². The highest BCUT2D eigenvalue weighted by molar-refractivity contribution is 6.39. The maximum Gasteiger partial charge on any atom is 0.270 e. The number of halogens is 2. The highest BCUT2D eigenvalue weighted by Gasteiger charge is 2.28. The summed E-state index contributed by atoms with van der Waals surface area (Å²) >= 11 is 6.04. The fraction of sp³-hybridized carbons (Fsp3) is 0.292. The Morgan fingerprint density at radius 1 is 1.18 bits per heavy atom. The van der Waals surface area contributed by atoms with Crippen LogP contribution in [0.5, 0.6) is 0 Å². The molecule has 176 valence electrons. The smallest absolute Gasteiger partial charge is 0.270 e. The van der Waals surface area contributed by atoms with Gasteiger partial charge in [-0.2, -0.15) is 5.10 Å². The zero-order valence-corrected chi connectivity index (χ0v) is 19.3. The van der Waals surface area contributed by atoms with Crippen LogP contribution < -0.4 is 5.56 Å². The molecule has 2 aromatic carbocycles. The molecule has 8 nitrogen and oxygen atoms in total. The number of rotatable bonds is 7. The van der Waals surface area contributed by atoms with Crippen molar-refractivity contribution in [2.75, 3.05) is 6.54 Å². The van der Waals surface area contributed by atoms with Gasteiger partial charge in [0.05, 0.1) is 24.0 Å². The predicted octanol–water partition coefficient (Wildman–Crippen LogP) is 3.63. The second kappa shape index (κ2) is 10.1. The first-order valence-electron chi connectivity index (χ1n) is 10.9. The fourth-order valence-corrected chi connectivity index (χ4v) is 3.93. The Bertz CT molecular complexity index is 1320. The van der Waals surface area contributed by atoms with Crippen molar-refractivity contribution < 1.29 is 14.0 Å². The van der Waals surface area contributed by atoms with E-state index in [2.05, 4.69) is 15.1 Å². The van der Waals surface area contributed by atoms with Crippen LogP contribution in [0.3, 0.4) is 0 Å². The third kappa shape index (κ3) is 5.31. The van der Waals surface area contributed by atoms with Gasteiger partial charge >= 0.3 is 0 Å². The third-order valence-corrected chi connectivity index (χ3v) is 5.67. The molecule has 1 N–H and O–H groups in total.